The topological polar surface area (TPSA) is 81.7 Å². The number of hydrogen-bond acceptors (Lipinski definition) is 6. The summed E-state index contributed by atoms with van der Waals surface area (Å²) in [5, 5.41) is 18.2. The van der Waals surface area contributed by atoms with Gasteiger partial charge in [-0.1, -0.05) is 12.8 Å². The molecule has 3 aliphatic rings. The van der Waals surface area contributed by atoms with Crippen LogP contribution in [0.4, 0.5) is 0 Å². The number of amides is 2. The molecule has 140 valence electrons. The third-order valence-electron chi connectivity index (χ3n) is 5.54. The lowest BCUT2D eigenvalue weighted by Gasteiger charge is -2.42. The molecule has 3 heterocycles. The van der Waals surface area contributed by atoms with Crippen LogP contribution in [0.3, 0.4) is 0 Å². The first kappa shape index (κ1) is 17.9. The van der Waals surface area contributed by atoms with Crippen molar-refractivity contribution in [3.8, 4) is 0 Å². The van der Waals surface area contributed by atoms with E-state index >= 15 is 0 Å². The van der Waals surface area contributed by atoms with Gasteiger partial charge in [0.05, 0.1) is 18.2 Å². The minimum absolute atomic E-state index is 0.0105. The van der Waals surface area contributed by atoms with E-state index in [9.17, 15) is 14.7 Å². The molecular formula is C18H23N3O3S2. The van der Waals surface area contributed by atoms with E-state index in [1.165, 1.54) is 0 Å². The molecule has 1 aromatic heterocycles. The molecule has 4 rings (SSSR count). The van der Waals surface area contributed by atoms with E-state index in [-0.39, 0.29) is 23.9 Å². The summed E-state index contributed by atoms with van der Waals surface area (Å²) >= 11 is 3.20. The monoisotopic (exact) mass is 393 g/mol. The molecule has 0 spiro atoms. The van der Waals surface area contributed by atoms with Gasteiger partial charge >= 0.3 is 0 Å². The van der Waals surface area contributed by atoms with Gasteiger partial charge in [-0.15, -0.1) is 23.1 Å². The second-order valence-corrected chi connectivity index (χ2v) is 8.69. The van der Waals surface area contributed by atoms with Crippen LogP contribution in [0.25, 0.3) is 0 Å². The predicted molar refractivity (Wildman–Crippen MR) is 102 cm³/mol. The number of fused-ring (bicyclic) bond motifs is 1. The Morgan fingerprint density at radius 3 is 3.00 bits per heavy atom. The van der Waals surface area contributed by atoms with Gasteiger partial charge < -0.3 is 20.6 Å². The molecule has 1 aromatic rings. The molecule has 26 heavy (non-hydrogen) atoms. The molecular weight excluding hydrogens is 370 g/mol. The zero-order valence-corrected chi connectivity index (χ0v) is 16.3. The van der Waals surface area contributed by atoms with Crippen LogP contribution in [0.2, 0.25) is 0 Å². The zero-order chi connectivity index (χ0) is 18.3. The van der Waals surface area contributed by atoms with Crippen LogP contribution in [0, 0.1) is 0 Å². The highest BCUT2D eigenvalue weighted by Gasteiger charge is 2.46. The Kier molecular flexibility index (Phi) is 4.98. The molecule has 1 saturated carbocycles. The van der Waals surface area contributed by atoms with E-state index in [1.54, 1.807) is 28.0 Å². The van der Waals surface area contributed by atoms with Gasteiger partial charge in [-0.2, -0.15) is 0 Å². The number of thioether (sulfide) groups is 1. The van der Waals surface area contributed by atoms with Crippen LogP contribution < -0.4 is 10.6 Å². The maximum Gasteiger partial charge on any atom is 0.251 e. The highest BCUT2D eigenvalue weighted by atomic mass is 32.2. The smallest absolute Gasteiger partial charge is 0.251 e. The number of hydrogen-bond donors (Lipinski definition) is 3. The summed E-state index contributed by atoms with van der Waals surface area (Å²) in [4.78, 5) is 29.5. The van der Waals surface area contributed by atoms with Gasteiger partial charge in [-0.25, -0.2) is 0 Å². The molecule has 1 fully saturated rings. The average molecular weight is 394 g/mol. The Balaban J connectivity index is 1.90. The van der Waals surface area contributed by atoms with Crippen molar-refractivity contribution in [1.82, 2.24) is 15.5 Å². The van der Waals surface area contributed by atoms with E-state index in [0.29, 0.717) is 12.1 Å². The van der Waals surface area contributed by atoms with Crippen LogP contribution in [-0.4, -0.2) is 53.3 Å². The number of nitrogens with zero attached hydrogens (tertiary/aromatic N) is 1. The fraction of sp³-hybridized carbons (Fsp3) is 0.556. The number of rotatable bonds is 3. The molecule has 2 amide bonds. The SMILES string of the molecule is CSc1ccsc1[C@@H]1C2=C(CNC2=O)N[C@@H]2CCCC[C@H]2N1C(=O)CO. The van der Waals surface area contributed by atoms with E-state index < -0.39 is 12.6 Å². The molecule has 0 bridgehead atoms. The minimum atomic E-state index is -0.538. The lowest BCUT2D eigenvalue weighted by atomic mass is 9.88. The molecule has 8 heteroatoms. The molecule has 3 N–H and O–H groups in total. The van der Waals surface area contributed by atoms with Gasteiger partial charge in [-0.3, -0.25) is 9.59 Å². The molecule has 2 aliphatic heterocycles. The van der Waals surface area contributed by atoms with Crippen LogP contribution >= 0.6 is 23.1 Å². The normalized spacial score (nSPS) is 28.2. The average Bonchev–Trinajstić information content (AvgIpc) is 3.23. The van der Waals surface area contributed by atoms with E-state index in [2.05, 4.69) is 10.6 Å². The maximum atomic E-state index is 12.9. The third kappa shape index (κ3) is 2.84. The molecule has 0 saturated heterocycles. The van der Waals surface area contributed by atoms with Crippen molar-refractivity contribution >= 4 is 34.9 Å². The van der Waals surface area contributed by atoms with Crippen molar-refractivity contribution in [2.24, 2.45) is 0 Å². The Hall–Kier alpha value is -1.51. The number of nitrogens with one attached hydrogen (secondary N) is 2. The Morgan fingerprint density at radius 2 is 2.23 bits per heavy atom. The third-order valence-corrected chi connectivity index (χ3v) is 7.44. The van der Waals surface area contributed by atoms with E-state index in [4.69, 9.17) is 0 Å². The second-order valence-electron chi connectivity index (χ2n) is 6.89. The first-order valence-corrected chi connectivity index (χ1v) is 11.1. The maximum absolute atomic E-state index is 12.9. The summed E-state index contributed by atoms with van der Waals surface area (Å²) in [5.74, 6) is -0.421. The molecule has 3 atom stereocenters. The molecule has 6 nitrogen and oxygen atoms in total. The highest BCUT2D eigenvalue weighted by molar-refractivity contribution is 7.98. The van der Waals surface area contributed by atoms with Gasteiger partial charge in [0.25, 0.3) is 5.91 Å². The largest absolute Gasteiger partial charge is 0.387 e. The first-order chi connectivity index (χ1) is 12.7. The number of carbonyl (C=O) groups is 2. The van der Waals surface area contributed by atoms with Crippen LogP contribution in [0.5, 0.6) is 0 Å². The van der Waals surface area contributed by atoms with E-state index in [1.807, 2.05) is 17.7 Å². The van der Waals surface area contributed by atoms with Crippen molar-refractivity contribution in [1.29, 1.82) is 0 Å². The van der Waals surface area contributed by atoms with Crippen molar-refractivity contribution in [2.75, 3.05) is 19.4 Å². The Bertz CT molecular complexity index is 761. The quantitative estimate of drug-likeness (QED) is 0.680. The van der Waals surface area contributed by atoms with E-state index in [0.717, 1.165) is 41.2 Å². The minimum Gasteiger partial charge on any atom is -0.387 e. The lowest BCUT2D eigenvalue weighted by molar-refractivity contribution is -0.140. The number of carbonyl (C=O) groups excluding carboxylic acids is 2. The van der Waals surface area contributed by atoms with Crippen LogP contribution in [-0.2, 0) is 9.59 Å². The van der Waals surface area contributed by atoms with Crippen molar-refractivity contribution in [3.05, 3.63) is 27.6 Å². The number of thiophene rings is 1. The zero-order valence-electron chi connectivity index (χ0n) is 14.7. The summed E-state index contributed by atoms with van der Waals surface area (Å²) in [7, 11) is 0. The van der Waals surface area contributed by atoms with Crippen molar-refractivity contribution in [3.63, 3.8) is 0 Å². The van der Waals surface area contributed by atoms with Crippen molar-refractivity contribution < 1.29 is 14.7 Å². The van der Waals surface area contributed by atoms with Crippen LogP contribution in [0.1, 0.15) is 36.6 Å². The van der Waals surface area contributed by atoms with Gasteiger partial charge in [0.1, 0.15) is 12.6 Å². The first-order valence-electron chi connectivity index (χ1n) is 8.97. The standard InChI is InChI=1S/C18H23N3O3S2/c1-25-13-6-7-26-17(13)16-15-11(8-19-18(15)24)20-10-4-2-3-5-12(10)21(16)14(23)9-22/h6-7,10,12,16,20,22H,2-5,8-9H2,1H3,(H,19,24)/t10-,12-,16+/m1/s1. The molecule has 0 unspecified atom stereocenters. The lowest BCUT2D eigenvalue weighted by Crippen LogP contribution is -2.54. The summed E-state index contributed by atoms with van der Waals surface area (Å²) in [6.45, 7) is -0.0566. The second kappa shape index (κ2) is 7.25. The summed E-state index contributed by atoms with van der Waals surface area (Å²) in [5.41, 5.74) is 1.55. The van der Waals surface area contributed by atoms with Gasteiger partial charge in [0, 0.05) is 21.5 Å². The molecule has 1 aliphatic carbocycles. The predicted octanol–water partition coefficient (Wildman–Crippen LogP) is 1.63. The highest BCUT2D eigenvalue weighted by Crippen LogP contribution is 2.44. The van der Waals surface area contributed by atoms with Gasteiger partial charge in [0.15, 0.2) is 0 Å². The summed E-state index contributed by atoms with van der Waals surface area (Å²) in [6, 6.07) is 1.72. The summed E-state index contributed by atoms with van der Waals surface area (Å²) < 4.78 is 0. The Labute approximate surface area is 161 Å². The number of aliphatic hydroxyl groups excluding tert-OH is 1. The molecule has 0 radical (unpaired) electrons. The van der Waals surface area contributed by atoms with Gasteiger partial charge in [0.2, 0.25) is 5.91 Å². The molecule has 0 aromatic carbocycles. The fourth-order valence-electron chi connectivity index (χ4n) is 4.43. The van der Waals surface area contributed by atoms with Crippen LogP contribution in [0.15, 0.2) is 27.6 Å². The summed E-state index contributed by atoms with van der Waals surface area (Å²) in [6.07, 6.45) is 6.03. The van der Waals surface area contributed by atoms with Gasteiger partial charge in [-0.05, 0) is 30.5 Å². The van der Waals surface area contributed by atoms with Crippen molar-refractivity contribution in [2.45, 2.75) is 48.7 Å². The number of aliphatic hydroxyl groups is 1. The fourth-order valence-corrected chi connectivity index (χ4v) is 6.32. The Morgan fingerprint density at radius 1 is 1.42 bits per heavy atom.